The minimum atomic E-state index is -0.744. The molecule has 9 heteroatoms. The number of anilines is 2. The number of hydrogen-bond acceptors (Lipinski definition) is 4. The molecule has 3 rings (SSSR count). The highest BCUT2D eigenvalue weighted by Crippen LogP contribution is 2.13. The summed E-state index contributed by atoms with van der Waals surface area (Å²) in [6.45, 7) is 1.56. The number of amides is 2. The van der Waals surface area contributed by atoms with Crippen molar-refractivity contribution in [1.29, 1.82) is 0 Å². The first kappa shape index (κ1) is 13.7. The molecule has 0 unspecified atom stereocenters. The van der Waals surface area contributed by atoms with Gasteiger partial charge >= 0.3 is 6.03 Å². The number of fused-ring (bicyclic) bond motifs is 1. The first-order valence-corrected chi connectivity index (χ1v) is 6.31. The van der Waals surface area contributed by atoms with Crippen LogP contribution >= 0.6 is 0 Å². The average Bonchev–Trinajstić information content (AvgIpc) is 2.94. The Bertz CT molecular complexity index is 916. The maximum absolute atomic E-state index is 13.5. The number of urea groups is 1. The number of hydrogen-bond donors (Lipinski definition) is 3. The molecule has 22 heavy (non-hydrogen) atoms. The molecule has 2 aromatic heterocycles. The number of aryl methyl sites for hydroxylation is 1. The van der Waals surface area contributed by atoms with Crippen LogP contribution in [0.4, 0.5) is 20.6 Å². The van der Waals surface area contributed by atoms with E-state index >= 15 is 0 Å². The number of halogens is 1. The van der Waals surface area contributed by atoms with E-state index in [1.807, 2.05) is 0 Å². The van der Waals surface area contributed by atoms with E-state index in [-0.39, 0.29) is 17.2 Å². The molecular formula is C13H11FN6O2. The lowest BCUT2D eigenvalue weighted by Gasteiger charge is -2.09. The Morgan fingerprint density at radius 1 is 1.32 bits per heavy atom. The Labute approximate surface area is 123 Å². The van der Waals surface area contributed by atoms with Crippen LogP contribution in [0.5, 0.6) is 0 Å². The highest BCUT2D eigenvalue weighted by atomic mass is 19.1. The summed E-state index contributed by atoms with van der Waals surface area (Å²) in [6, 6.07) is 4.97. The zero-order valence-electron chi connectivity index (χ0n) is 11.4. The van der Waals surface area contributed by atoms with Crippen molar-refractivity contribution in [3.8, 4) is 0 Å². The van der Waals surface area contributed by atoms with E-state index in [9.17, 15) is 14.0 Å². The number of benzene rings is 1. The third kappa shape index (κ3) is 2.39. The van der Waals surface area contributed by atoms with E-state index < -0.39 is 17.4 Å². The molecule has 2 amide bonds. The molecule has 0 aliphatic rings. The van der Waals surface area contributed by atoms with Crippen molar-refractivity contribution in [2.24, 2.45) is 0 Å². The molecule has 3 N–H and O–H groups in total. The fraction of sp³-hybridized carbons (Fsp3) is 0.0769. The highest BCUT2D eigenvalue weighted by Gasteiger charge is 2.14. The van der Waals surface area contributed by atoms with Gasteiger partial charge in [0.2, 0.25) is 0 Å². The molecule has 0 aliphatic carbocycles. The van der Waals surface area contributed by atoms with Crippen molar-refractivity contribution >= 4 is 23.2 Å². The van der Waals surface area contributed by atoms with Crippen LogP contribution in [0.1, 0.15) is 5.69 Å². The fourth-order valence-electron chi connectivity index (χ4n) is 1.93. The molecule has 0 saturated heterocycles. The van der Waals surface area contributed by atoms with Crippen molar-refractivity contribution in [3.05, 3.63) is 52.5 Å². The molecular weight excluding hydrogens is 291 g/mol. The smallest absolute Gasteiger partial charge is 0.305 e. The van der Waals surface area contributed by atoms with E-state index in [1.165, 1.54) is 24.5 Å². The Morgan fingerprint density at radius 2 is 2.09 bits per heavy atom. The Kier molecular flexibility index (Phi) is 3.30. The largest absolute Gasteiger partial charge is 0.323 e. The normalized spacial score (nSPS) is 10.6. The fourth-order valence-corrected chi connectivity index (χ4v) is 1.93. The highest BCUT2D eigenvalue weighted by molar-refractivity contribution is 6.00. The summed E-state index contributed by atoms with van der Waals surface area (Å²) in [5.41, 5.74) is -0.214. The van der Waals surface area contributed by atoms with Gasteiger partial charge in [0.15, 0.2) is 0 Å². The molecule has 2 heterocycles. The number of aromatic amines is 1. The van der Waals surface area contributed by atoms with Crippen LogP contribution in [-0.4, -0.2) is 25.6 Å². The van der Waals surface area contributed by atoms with Gasteiger partial charge in [-0.15, -0.1) is 0 Å². The molecule has 0 aliphatic heterocycles. The maximum Gasteiger partial charge on any atom is 0.323 e. The summed E-state index contributed by atoms with van der Waals surface area (Å²) < 4.78 is 14.6. The summed E-state index contributed by atoms with van der Waals surface area (Å²) in [5, 5.41) is 7.29. The van der Waals surface area contributed by atoms with Gasteiger partial charge in [0, 0.05) is 0 Å². The molecule has 1 aromatic carbocycles. The standard InChI is InChI=1S/C13H11FN6O2/c1-7-10(11(21)20-12(17-7)15-6-16-20)19-13(22)18-9-5-3-2-4-8(9)14/h2-6H,1H3,(H,15,16,17)(H2,18,19,22). The van der Waals surface area contributed by atoms with Crippen molar-refractivity contribution in [2.45, 2.75) is 6.92 Å². The Morgan fingerprint density at radius 3 is 2.86 bits per heavy atom. The van der Waals surface area contributed by atoms with Crippen LogP contribution in [0.2, 0.25) is 0 Å². The van der Waals surface area contributed by atoms with Gasteiger partial charge in [0.25, 0.3) is 11.3 Å². The van der Waals surface area contributed by atoms with Gasteiger partial charge in [-0.05, 0) is 19.1 Å². The second-order valence-electron chi connectivity index (χ2n) is 4.46. The molecule has 0 fully saturated rings. The van der Waals surface area contributed by atoms with Crippen molar-refractivity contribution in [1.82, 2.24) is 19.6 Å². The molecule has 3 aromatic rings. The minimum absolute atomic E-state index is 0.00772. The number of carbonyl (C=O) groups is 1. The van der Waals surface area contributed by atoms with E-state index in [0.717, 1.165) is 4.52 Å². The number of para-hydroxylation sites is 1. The van der Waals surface area contributed by atoms with Crippen LogP contribution in [-0.2, 0) is 0 Å². The lowest BCUT2D eigenvalue weighted by atomic mass is 10.3. The van der Waals surface area contributed by atoms with Crippen molar-refractivity contribution in [2.75, 3.05) is 10.6 Å². The molecule has 0 saturated carbocycles. The van der Waals surface area contributed by atoms with E-state index in [4.69, 9.17) is 0 Å². The SMILES string of the molecule is Cc1nc2nc[nH]n2c(=O)c1NC(=O)Nc1ccccc1F. The predicted molar refractivity (Wildman–Crippen MR) is 77.4 cm³/mol. The summed E-state index contributed by atoms with van der Waals surface area (Å²) in [6.07, 6.45) is 1.31. The summed E-state index contributed by atoms with van der Waals surface area (Å²) >= 11 is 0. The minimum Gasteiger partial charge on any atom is -0.305 e. The number of H-pyrrole nitrogens is 1. The first-order chi connectivity index (χ1) is 10.6. The zero-order valence-corrected chi connectivity index (χ0v) is 11.4. The van der Waals surface area contributed by atoms with Crippen LogP contribution < -0.4 is 16.2 Å². The zero-order chi connectivity index (χ0) is 15.7. The van der Waals surface area contributed by atoms with Crippen molar-refractivity contribution in [3.63, 3.8) is 0 Å². The molecule has 0 radical (unpaired) electrons. The van der Waals surface area contributed by atoms with Crippen LogP contribution in [0.15, 0.2) is 35.4 Å². The number of aromatic nitrogens is 4. The van der Waals surface area contributed by atoms with Crippen LogP contribution in [0.25, 0.3) is 5.78 Å². The molecule has 112 valence electrons. The van der Waals surface area contributed by atoms with Gasteiger partial charge in [-0.2, -0.15) is 4.52 Å². The molecule has 0 spiro atoms. The van der Waals surface area contributed by atoms with E-state index in [1.54, 1.807) is 13.0 Å². The Hall–Kier alpha value is -3.23. The van der Waals surface area contributed by atoms with Gasteiger partial charge in [0.1, 0.15) is 17.8 Å². The predicted octanol–water partition coefficient (Wildman–Crippen LogP) is 1.51. The van der Waals surface area contributed by atoms with Crippen LogP contribution in [0, 0.1) is 12.7 Å². The number of rotatable bonds is 2. The van der Waals surface area contributed by atoms with Gasteiger partial charge in [-0.1, -0.05) is 12.1 Å². The quantitative estimate of drug-likeness (QED) is 0.667. The topological polar surface area (TPSA) is 104 Å². The lowest BCUT2D eigenvalue weighted by Crippen LogP contribution is -2.28. The maximum atomic E-state index is 13.5. The van der Waals surface area contributed by atoms with Gasteiger partial charge in [0.05, 0.1) is 11.4 Å². The second-order valence-corrected chi connectivity index (χ2v) is 4.46. The van der Waals surface area contributed by atoms with Gasteiger partial charge in [-0.25, -0.2) is 19.2 Å². The number of nitrogens with zero attached hydrogens (tertiary/aromatic N) is 3. The third-order valence-corrected chi connectivity index (χ3v) is 2.97. The summed E-state index contributed by atoms with van der Waals surface area (Å²) in [5.74, 6) is -0.379. The van der Waals surface area contributed by atoms with Gasteiger partial charge in [-0.3, -0.25) is 9.89 Å². The first-order valence-electron chi connectivity index (χ1n) is 6.31. The second kappa shape index (κ2) is 5.28. The molecule has 0 atom stereocenters. The average molecular weight is 302 g/mol. The van der Waals surface area contributed by atoms with E-state index in [0.29, 0.717) is 5.69 Å². The monoisotopic (exact) mass is 302 g/mol. The number of nitrogens with one attached hydrogen (secondary N) is 3. The van der Waals surface area contributed by atoms with E-state index in [2.05, 4.69) is 25.7 Å². The van der Waals surface area contributed by atoms with Crippen molar-refractivity contribution < 1.29 is 9.18 Å². The van der Waals surface area contributed by atoms with Gasteiger partial charge < -0.3 is 10.6 Å². The third-order valence-electron chi connectivity index (χ3n) is 2.97. The Balaban J connectivity index is 1.88. The molecule has 8 nitrogen and oxygen atoms in total. The van der Waals surface area contributed by atoms with Crippen LogP contribution in [0.3, 0.4) is 0 Å². The molecule has 0 bridgehead atoms. The lowest BCUT2D eigenvalue weighted by molar-refractivity contribution is 0.262. The summed E-state index contributed by atoms with van der Waals surface area (Å²) in [7, 11) is 0. The number of carbonyl (C=O) groups excluding carboxylic acids is 1. The summed E-state index contributed by atoms with van der Waals surface area (Å²) in [4.78, 5) is 32.1.